The number of methoxy groups -OCH3 is 1. The fourth-order valence-electron chi connectivity index (χ4n) is 9.86. The average Bonchev–Trinajstić information content (AvgIpc) is 4.08. The highest BCUT2D eigenvalue weighted by Gasteiger charge is 2.41. The Morgan fingerprint density at radius 2 is 1.38 bits per heavy atom. The molecule has 0 radical (unpaired) electrons. The summed E-state index contributed by atoms with van der Waals surface area (Å²) < 4.78 is 4.88. The van der Waals surface area contributed by atoms with Crippen molar-refractivity contribution in [3.8, 4) is 22.4 Å². The van der Waals surface area contributed by atoms with Gasteiger partial charge < -0.3 is 35.6 Å². The Kier molecular flexibility index (Phi) is 9.95. The van der Waals surface area contributed by atoms with E-state index in [4.69, 9.17) is 25.4 Å². The SMILES string of the molecule is COC(=O)N[C@H](C(=O)N1CCC[C@H]1c1nc2ncc(-c3ccc4cc(-c5cnc([C@@H]6CCCN6C(=O)[C@@H](N)C6CCCC6)[nH]5)ccc4c3)cc2[nH]1)C1CCCC1. The van der Waals surface area contributed by atoms with Gasteiger partial charge in [0.2, 0.25) is 11.8 Å². The van der Waals surface area contributed by atoms with Gasteiger partial charge in [-0.15, -0.1) is 0 Å². The summed E-state index contributed by atoms with van der Waals surface area (Å²) in [4.78, 5) is 64.8. The maximum absolute atomic E-state index is 14.0. The Labute approximate surface area is 326 Å². The minimum absolute atomic E-state index is 0.0624. The van der Waals surface area contributed by atoms with E-state index in [0.29, 0.717) is 18.0 Å². The van der Waals surface area contributed by atoms with E-state index in [1.807, 2.05) is 22.2 Å². The molecule has 56 heavy (non-hydrogen) atoms. The zero-order valence-corrected chi connectivity index (χ0v) is 32.0. The molecule has 5 N–H and O–H groups in total. The number of benzene rings is 2. The number of imidazole rings is 2. The molecule has 2 aliphatic heterocycles. The van der Waals surface area contributed by atoms with Crippen molar-refractivity contribution in [3.05, 3.63) is 66.5 Å². The average molecular weight is 758 g/mol. The second kappa shape index (κ2) is 15.3. The number of alkyl carbamates (subject to hydrolysis) is 1. The number of fused-ring (bicyclic) bond motifs is 2. The summed E-state index contributed by atoms with van der Waals surface area (Å²) in [6.07, 6.45) is 15.0. The van der Waals surface area contributed by atoms with Crippen molar-refractivity contribution in [2.75, 3.05) is 20.2 Å². The van der Waals surface area contributed by atoms with Gasteiger partial charge in [-0.2, -0.15) is 0 Å². The number of nitrogens with two attached hydrogens (primary N) is 1. The highest BCUT2D eigenvalue weighted by atomic mass is 16.5. The summed E-state index contributed by atoms with van der Waals surface area (Å²) >= 11 is 0. The maximum atomic E-state index is 14.0. The third-order valence-electron chi connectivity index (χ3n) is 12.9. The van der Waals surface area contributed by atoms with Crippen LogP contribution in [0.15, 0.2) is 54.9 Å². The molecule has 4 aliphatic rings. The summed E-state index contributed by atoms with van der Waals surface area (Å²) in [6, 6.07) is 13.5. The molecule has 2 saturated carbocycles. The lowest BCUT2D eigenvalue weighted by Gasteiger charge is -2.31. The largest absolute Gasteiger partial charge is 0.453 e. The maximum Gasteiger partial charge on any atom is 0.407 e. The Balaban J connectivity index is 0.908. The van der Waals surface area contributed by atoms with Crippen LogP contribution in [0.25, 0.3) is 44.3 Å². The van der Waals surface area contributed by atoms with Crippen molar-refractivity contribution >= 4 is 39.8 Å². The van der Waals surface area contributed by atoms with E-state index < -0.39 is 18.2 Å². The van der Waals surface area contributed by atoms with Crippen LogP contribution in [0.3, 0.4) is 0 Å². The van der Waals surface area contributed by atoms with Gasteiger partial charge in [-0.25, -0.2) is 19.7 Å². The summed E-state index contributed by atoms with van der Waals surface area (Å²) in [5.41, 5.74) is 11.9. The second-order valence-electron chi connectivity index (χ2n) is 16.3. The number of nitrogens with zero attached hydrogens (tertiary/aromatic N) is 5. The van der Waals surface area contributed by atoms with Gasteiger partial charge in [-0.05, 0) is 97.7 Å². The first kappa shape index (κ1) is 36.3. The first-order chi connectivity index (χ1) is 27.3. The van der Waals surface area contributed by atoms with E-state index in [0.717, 1.165) is 128 Å². The highest BCUT2D eigenvalue weighted by Crippen LogP contribution is 2.37. The lowest BCUT2D eigenvalue weighted by atomic mass is 9.96. The minimum Gasteiger partial charge on any atom is -0.453 e. The number of hydrogen-bond acceptors (Lipinski definition) is 8. The molecule has 9 rings (SSSR count). The first-order valence-corrected chi connectivity index (χ1v) is 20.5. The number of pyridine rings is 1. The third-order valence-corrected chi connectivity index (χ3v) is 12.9. The van der Waals surface area contributed by atoms with E-state index in [-0.39, 0.29) is 35.7 Å². The van der Waals surface area contributed by atoms with Crippen molar-refractivity contribution in [2.45, 2.75) is 101 Å². The summed E-state index contributed by atoms with van der Waals surface area (Å²) in [6.45, 7) is 1.34. The molecule has 5 heterocycles. The Bertz CT molecular complexity index is 2250. The third kappa shape index (κ3) is 6.90. The monoisotopic (exact) mass is 757 g/mol. The normalized spacial score (nSPS) is 21.7. The standard InChI is InChI=1S/C43H51N9O4/c1-56-43(55)49-37(26-10-4-5-11-26)42(54)52-19-7-13-35(52)40-47-32-22-31(23-45-38(32)50-40)29-15-14-28-21-30(17-16-27(28)20-29)33-24-46-39(48-33)34-12-6-18-51(34)41(53)36(44)25-8-2-3-9-25/h14-17,20-26,34-37H,2-13,18-19,44H2,1H3,(H,46,48)(H,49,55)(H,45,47,50)/t34-,35-,36-,37-/m0/s1. The van der Waals surface area contributed by atoms with Crippen molar-refractivity contribution < 1.29 is 19.1 Å². The van der Waals surface area contributed by atoms with Gasteiger partial charge >= 0.3 is 6.09 Å². The van der Waals surface area contributed by atoms with E-state index >= 15 is 0 Å². The molecule has 0 unspecified atom stereocenters. The van der Waals surface area contributed by atoms with E-state index in [1.165, 1.54) is 7.11 Å². The Hall–Kier alpha value is -5.30. The lowest BCUT2D eigenvalue weighted by Crippen LogP contribution is -2.51. The van der Waals surface area contributed by atoms with Crippen molar-refractivity contribution in [1.82, 2.24) is 40.0 Å². The molecule has 3 amide bonds. The predicted octanol–water partition coefficient (Wildman–Crippen LogP) is 6.93. The summed E-state index contributed by atoms with van der Waals surface area (Å²) in [5.74, 6) is 1.92. The van der Waals surface area contributed by atoms with Gasteiger partial charge in [0, 0.05) is 30.4 Å². The fraction of sp³-hybridized carbons (Fsp3) is 0.488. The topological polar surface area (TPSA) is 175 Å². The number of rotatable bonds is 9. The number of H-pyrrole nitrogens is 2. The van der Waals surface area contributed by atoms with Crippen LogP contribution < -0.4 is 11.1 Å². The van der Waals surface area contributed by atoms with E-state index in [1.54, 1.807) is 0 Å². The minimum atomic E-state index is -0.605. The number of hydrogen-bond donors (Lipinski definition) is 4. The quantitative estimate of drug-likeness (QED) is 0.125. The van der Waals surface area contributed by atoms with Gasteiger partial charge in [-0.1, -0.05) is 49.9 Å². The lowest BCUT2D eigenvalue weighted by molar-refractivity contribution is -0.136. The van der Waals surface area contributed by atoms with Crippen molar-refractivity contribution in [3.63, 3.8) is 0 Å². The molecule has 5 aromatic rings. The van der Waals surface area contributed by atoms with Gasteiger partial charge in [-0.3, -0.25) is 9.59 Å². The Morgan fingerprint density at radius 3 is 2.09 bits per heavy atom. The number of aromatic nitrogens is 5. The van der Waals surface area contributed by atoms with Crippen LogP contribution in [0.4, 0.5) is 4.79 Å². The molecule has 0 bridgehead atoms. The van der Waals surface area contributed by atoms with Crippen LogP contribution >= 0.6 is 0 Å². The molecular formula is C43H51N9O4. The molecule has 4 fully saturated rings. The molecule has 4 atom stereocenters. The van der Waals surface area contributed by atoms with Gasteiger partial charge in [0.05, 0.1) is 42.6 Å². The zero-order chi connectivity index (χ0) is 38.3. The summed E-state index contributed by atoms with van der Waals surface area (Å²) in [5, 5.41) is 5.05. The van der Waals surface area contributed by atoms with Crippen molar-refractivity contribution in [2.24, 2.45) is 17.6 Å². The van der Waals surface area contributed by atoms with Crippen molar-refractivity contribution in [1.29, 1.82) is 0 Å². The number of likely N-dealkylation sites (tertiary alicyclic amines) is 2. The molecule has 13 nitrogen and oxygen atoms in total. The first-order valence-electron chi connectivity index (χ1n) is 20.5. The van der Waals surface area contributed by atoms with Crippen LogP contribution in [-0.4, -0.2) is 84.9 Å². The van der Waals surface area contributed by atoms with Crippen LogP contribution in [-0.2, 0) is 14.3 Å². The predicted molar refractivity (Wildman–Crippen MR) is 213 cm³/mol. The number of nitrogens with one attached hydrogen (secondary N) is 3. The summed E-state index contributed by atoms with van der Waals surface area (Å²) in [7, 11) is 1.33. The number of amides is 3. The highest BCUT2D eigenvalue weighted by molar-refractivity contribution is 5.91. The van der Waals surface area contributed by atoms with E-state index in [2.05, 4.69) is 57.7 Å². The van der Waals surface area contributed by atoms with Gasteiger partial charge in [0.25, 0.3) is 0 Å². The number of carbonyl (C=O) groups is 3. The Morgan fingerprint density at radius 1 is 0.732 bits per heavy atom. The number of aromatic amines is 2. The number of ether oxygens (including phenoxy) is 1. The van der Waals surface area contributed by atoms with Crippen LogP contribution in [0.5, 0.6) is 0 Å². The fourth-order valence-corrected chi connectivity index (χ4v) is 9.86. The van der Waals surface area contributed by atoms with Crippen LogP contribution in [0.1, 0.15) is 101 Å². The molecule has 2 aromatic carbocycles. The zero-order valence-electron chi connectivity index (χ0n) is 32.0. The molecule has 292 valence electrons. The van der Waals surface area contributed by atoms with Crippen LogP contribution in [0, 0.1) is 11.8 Å². The molecule has 2 saturated heterocycles. The molecular weight excluding hydrogens is 707 g/mol. The van der Waals surface area contributed by atoms with Crippen LogP contribution in [0.2, 0.25) is 0 Å². The van der Waals surface area contributed by atoms with E-state index in [9.17, 15) is 14.4 Å². The molecule has 3 aromatic heterocycles. The second-order valence-corrected chi connectivity index (χ2v) is 16.3. The molecule has 13 heteroatoms. The smallest absolute Gasteiger partial charge is 0.407 e. The number of carbonyl (C=O) groups excluding carboxylic acids is 3. The molecule has 2 aliphatic carbocycles. The molecule has 0 spiro atoms. The van der Waals surface area contributed by atoms with Gasteiger partial charge in [0.1, 0.15) is 17.7 Å². The van der Waals surface area contributed by atoms with Gasteiger partial charge in [0.15, 0.2) is 5.65 Å².